The van der Waals surface area contributed by atoms with Crippen LogP contribution in [-0.4, -0.2) is 18.0 Å². The van der Waals surface area contributed by atoms with Gasteiger partial charge in [-0.3, -0.25) is 0 Å². The molecule has 0 spiro atoms. The molecule has 0 saturated carbocycles. The van der Waals surface area contributed by atoms with E-state index in [0.29, 0.717) is 6.54 Å². The number of rotatable bonds is 3. The lowest BCUT2D eigenvalue weighted by Gasteiger charge is -2.17. The molecule has 0 radical (unpaired) electrons. The SMILES string of the molecule is CN(Cc1csc(Br)c1)C(=O)Nc1ccccc1. The van der Waals surface area contributed by atoms with E-state index in [4.69, 9.17) is 0 Å². The van der Waals surface area contributed by atoms with Gasteiger partial charge in [-0.05, 0) is 45.1 Å². The summed E-state index contributed by atoms with van der Waals surface area (Å²) in [6.07, 6.45) is 0. The zero-order valence-corrected chi connectivity index (χ0v) is 12.3. The Hall–Kier alpha value is -1.33. The number of amides is 2. The second-order valence-corrected chi connectivity index (χ2v) is 6.20. The average Bonchev–Trinajstić information content (AvgIpc) is 2.76. The summed E-state index contributed by atoms with van der Waals surface area (Å²) in [6.45, 7) is 0.598. The molecular weight excluding hydrogens is 312 g/mol. The molecule has 1 aromatic heterocycles. The van der Waals surface area contributed by atoms with E-state index >= 15 is 0 Å². The van der Waals surface area contributed by atoms with E-state index in [2.05, 4.69) is 21.2 Å². The van der Waals surface area contributed by atoms with Crippen LogP contribution in [0.5, 0.6) is 0 Å². The number of carbonyl (C=O) groups is 1. The molecule has 1 heterocycles. The highest BCUT2D eigenvalue weighted by molar-refractivity contribution is 9.11. The van der Waals surface area contributed by atoms with E-state index in [1.165, 1.54) is 0 Å². The minimum Gasteiger partial charge on any atom is -0.323 e. The van der Waals surface area contributed by atoms with Crippen LogP contribution in [0.1, 0.15) is 5.56 Å². The first kappa shape index (κ1) is 13.1. The van der Waals surface area contributed by atoms with Crippen molar-refractivity contribution in [2.75, 3.05) is 12.4 Å². The van der Waals surface area contributed by atoms with Gasteiger partial charge in [0.1, 0.15) is 0 Å². The lowest BCUT2D eigenvalue weighted by Crippen LogP contribution is -2.30. The topological polar surface area (TPSA) is 32.3 Å². The number of thiophene rings is 1. The first-order valence-electron chi connectivity index (χ1n) is 5.45. The van der Waals surface area contributed by atoms with E-state index in [1.807, 2.05) is 41.8 Å². The summed E-state index contributed by atoms with van der Waals surface area (Å²) in [5, 5.41) is 4.89. The Labute approximate surface area is 119 Å². The predicted molar refractivity (Wildman–Crippen MR) is 78.9 cm³/mol. The fourth-order valence-electron chi connectivity index (χ4n) is 1.51. The lowest BCUT2D eigenvalue weighted by atomic mass is 10.3. The summed E-state index contributed by atoms with van der Waals surface area (Å²) in [4.78, 5) is 13.6. The summed E-state index contributed by atoms with van der Waals surface area (Å²) in [5.41, 5.74) is 1.93. The number of halogens is 1. The van der Waals surface area contributed by atoms with Crippen LogP contribution < -0.4 is 5.32 Å². The van der Waals surface area contributed by atoms with Crippen LogP contribution in [0.3, 0.4) is 0 Å². The van der Waals surface area contributed by atoms with Gasteiger partial charge in [-0.2, -0.15) is 0 Å². The Morgan fingerprint density at radius 3 is 2.72 bits per heavy atom. The summed E-state index contributed by atoms with van der Waals surface area (Å²) in [6, 6.07) is 11.4. The van der Waals surface area contributed by atoms with Gasteiger partial charge in [0.05, 0.1) is 3.79 Å². The van der Waals surface area contributed by atoms with Crippen molar-refractivity contribution in [3.8, 4) is 0 Å². The highest BCUT2D eigenvalue weighted by Gasteiger charge is 2.09. The summed E-state index contributed by atoms with van der Waals surface area (Å²) < 4.78 is 1.08. The molecule has 2 aromatic rings. The standard InChI is InChI=1S/C13H13BrN2OS/c1-16(8-10-7-12(14)18-9-10)13(17)15-11-5-3-2-4-6-11/h2-7,9H,8H2,1H3,(H,15,17). The second kappa shape index (κ2) is 6.02. The zero-order chi connectivity index (χ0) is 13.0. The summed E-state index contributed by atoms with van der Waals surface area (Å²) in [7, 11) is 1.78. The van der Waals surface area contributed by atoms with E-state index < -0.39 is 0 Å². The van der Waals surface area contributed by atoms with Crippen LogP contribution in [0.15, 0.2) is 45.6 Å². The smallest absolute Gasteiger partial charge is 0.321 e. The fraction of sp³-hybridized carbons (Fsp3) is 0.154. The number of carbonyl (C=O) groups excluding carboxylic acids is 1. The maximum absolute atomic E-state index is 11.9. The monoisotopic (exact) mass is 324 g/mol. The molecule has 2 amide bonds. The van der Waals surface area contributed by atoms with Crippen molar-refractivity contribution in [3.63, 3.8) is 0 Å². The Bertz CT molecular complexity index is 527. The van der Waals surface area contributed by atoms with Crippen molar-refractivity contribution in [3.05, 3.63) is 51.1 Å². The molecule has 18 heavy (non-hydrogen) atoms. The molecule has 0 atom stereocenters. The number of anilines is 1. The third-order valence-corrected chi connectivity index (χ3v) is 3.97. The van der Waals surface area contributed by atoms with Gasteiger partial charge in [0.2, 0.25) is 0 Å². The number of nitrogens with one attached hydrogen (secondary N) is 1. The maximum atomic E-state index is 11.9. The number of para-hydroxylation sites is 1. The van der Waals surface area contributed by atoms with E-state index in [1.54, 1.807) is 23.3 Å². The first-order valence-corrected chi connectivity index (χ1v) is 7.12. The van der Waals surface area contributed by atoms with Crippen molar-refractivity contribution in [1.29, 1.82) is 0 Å². The molecule has 0 unspecified atom stereocenters. The van der Waals surface area contributed by atoms with Gasteiger partial charge in [0.15, 0.2) is 0 Å². The summed E-state index contributed by atoms with van der Waals surface area (Å²) in [5.74, 6) is 0. The number of urea groups is 1. The molecule has 0 aliphatic carbocycles. The van der Waals surface area contributed by atoms with Gasteiger partial charge in [0.25, 0.3) is 0 Å². The number of nitrogens with zero attached hydrogens (tertiary/aromatic N) is 1. The van der Waals surface area contributed by atoms with Gasteiger partial charge in [-0.1, -0.05) is 18.2 Å². The number of hydrogen-bond donors (Lipinski definition) is 1. The fourth-order valence-corrected chi connectivity index (χ4v) is 2.72. The van der Waals surface area contributed by atoms with Gasteiger partial charge in [-0.25, -0.2) is 4.79 Å². The largest absolute Gasteiger partial charge is 0.323 e. The van der Waals surface area contributed by atoms with Gasteiger partial charge >= 0.3 is 6.03 Å². The predicted octanol–water partition coefficient (Wildman–Crippen LogP) is 4.17. The van der Waals surface area contributed by atoms with Crippen LogP contribution in [-0.2, 0) is 6.54 Å². The second-order valence-electron chi connectivity index (χ2n) is 3.91. The highest BCUT2D eigenvalue weighted by atomic mass is 79.9. The van der Waals surface area contributed by atoms with Crippen LogP contribution >= 0.6 is 27.3 Å². The maximum Gasteiger partial charge on any atom is 0.321 e. The molecular formula is C13H13BrN2OS. The quantitative estimate of drug-likeness (QED) is 0.902. The minimum atomic E-state index is -0.108. The third-order valence-electron chi connectivity index (χ3n) is 2.41. The Kier molecular flexibility index (Phi) is 4.38. The molecule has 0 aliphatic rings. The van der Waals surface area contributed by atoms with Crippen molar-refractivity contribution in [2.45, 2.75) is 6.54 Å². The molecule has 5 heteroatoms. The minimum absolute atomic E-state index is 0.108. The van der Waals surface area contributed by atoms with E-state index in [-0.39, 0.29) is 6.03 Å². The van der Waals surface area contributed by atoms with Crippen molar-refractivity contribution < 1.29 is 4.79 Å². The molecule has 1 aromatic carbocycles. The average molecular weight is 325 g/mol. The molecule has 0 aliphatic heterocycles. The molecule has 0 fully saturated rings. The highest BCUT2D eigenvalue weighted by Crippen LogP contribution is 2.21. The number of benzene rings is 1. The van der Waals surface area contributed by atoms with Crippen molar-refractivity contribution in [1.82, 2.24) is 4.90 Å². The Morgan fingerprint density at radius 2 is 2.11 bits per heavy atom. The van der Waals surface area contributed by atoms with Gasteiger partial charge in [-0.15, -0.1) is 11.3 Å². The summed E-state index contributed by atoms with van der Waals surface area (Å²) >= 11 is 5.03. The molecule has 3 nitrogen and oxygen atoms in total. The van der Waals surface area contributed by atoms with E-state index in [0.717, 1.165) is 15.0 Å². The Morgan fingerprint density at radius 1 is 1.39 bits per heavy atom. The van der Waals surface area contributed by atoms with Crippen molar-refractivity contribution >= 4 is 39.0 Å². The third kappa shape index (κ3) is 3.58. The molecule has 0 bridgehead atoms. The first-order chi connectivity index (χ1) is 8.65. The van der Waals surface area contributed by atoms with Crippen molar-refractivity contribution in [2.24, 2.45) is 0 Å². The Balaban J connectivity index is 1.93. The zero-order valence-electron chi connectivity index (χ0n) is 9.89. The van der Waals surface area contributed by atoms with Crippen LogP contribution in [0.25, 0.3) is 0 Å². The van der Waals surface area contributed by atoms with Gasteiger partial charge < -0.3 is 10.2 Å². The van der Waals surface area contributed by atoms with Crippen LogP contribution in [0, 0.1) is 0 Å². The van der Waals surface area contributed by atoms with Gasteiger partial charge in [0, 0.05) is 19.3 Å². The van der Waals surface area contributed by atoms with Crippen LogP contribution in [0.4, 0.5) is 10.5 Å². The normalized spacial score (nSPS) is 10.1. The van der Waals surface area contributed by atoms with Crippen LogP contribution in [0.2, 0.25) is 0 Å². The molecule has 94 valence electrons. The lowest BCUT2D eigenvalue weighted by molar-refractivity contribution is 0.221. The van der Waals surface area contributed by atoms with E-state index in [9.17, 15) is 4.79 Å². The molecule has 0 saturated heterocycles. The molecule has 2 rings (SSSR count). The molecule has 1 N–H and O–H groups in total. The number of hydrogen-bond acceptors (Lipinski definition) is 2.